The van der Waals surface area contributed by atoms with Gasteiger partial charge in [0, 0.05) is 31.2 Å². The van der Waals surface area contributed by atoms with Crippen molar-refractivity contribution in [3.63, 3.8) is 0 Å². The summed E-state index contributed by atoms with van der Waals surface area (Å²) in [6.07, 6.45) is 2.92. The van der Waals surface area contributed by atoms with E-state index in [9.17, 15) is 0 Å². The topological polar surface area (TPSA) is 59.1 Å². The van der Waals surface area contributed by atoms with Crippen molar-refractivity contribution in [2.75, 3.05) is 25.0 Å². The van der Waals surface area contributed by atoms with Crippen molar-refractivity contribution in [1.29, 1.82) is 0 Å². The van der Waals surface area contributed by atoms with E-state index in [1.54, 1.807) is 11.3 Å². The molecule has 0 aliphatic carbocycles. The van der Waals surface area contributed by atoms with E-state index in [0.717, 1.165) is 49.7 Å². The second kappa shape index (κ2) is 8.55. The minimum absolute atomic E-state index is 0.328. The Morgan fingerprint density at radius 3 is 3.00 bits per heavy atom. The molecule has 1 aliphatic heterocycles. The van der Waals surface area contributed by atoms with Gasteiger partial charge in [-0.15, -0.1) is 0 Å². The van der Waals surface area contributed by atoms with Gasteiger partial charge in [-0.1, -0.05) is 0 Å². The van der Waals surface area contributed by atoms with Crippen LogP contribution < -0.4 is 10.6 Å². The minimum Gasteiger partial charge on any atom is -0.374 e. The van der Waals surface area contributed by atoms with Crippen LogP contribution in [0.15, 0.2) is 16.8 Å². The van der Waals surface area contributed by atoms with E-state index >= 15 is 0 Å². The molecule has 0 saturated carbocycles. The van der Waals surface area contributed by atoms with Crippen molar-refractivity contribution in [3.05, 3.63) is 39.5 Å². The second-order valence-corrected chi connectivity index (χ2v) is 6.96. The molecule has 2 aromatic rings. The van der Waals surface area contributed by atoms with Gasteiger partial charge < -0.3 is 15.4 Å². The molecule has 1 atom stereocenters. The van der Waals surface area contributed by atoms with Gasteiger partial charge in [0.25, 0.3) is 0 Å². The number of hydrogen-bond acceptors (Lipinski definition) is 6. The van der Waals surface area contributed by atoms with Crippen LogP contribution in [-0.4, -0.2) is 35.7 Å². The SMILES string of the molecule is CCOCc1nc2c(c(N[C@@H](C)Cc3ccsc3)n1)CCNCC2. The predicted octanol–water partition coefficient (Wildman–Crippen LogP) is 2.81. The normalized spacial score (nSPS) is 15.6. The number of fused-ring (bicyclic) bond motifs is 1. The van der Waals surface area contributed by atoms with Crippen molar-refractivity contribution in [1.82, 2.24) is 15.3 Å². The fraction of sp³-hybridized carbons (Fsp3) is 0.556. The Hall–Kier alpha value is -1.50. The Morgan fingerprint density at radius 1 is 1.33 bits per heavy atom. The standard InChI is InChI=1S/C18H26N4OS/c1-3-23-11-17-21-16-5-8-19-7-4-15(16)18(22-17)20-13(2)10-14-6-9-24-12-14/h6,9,12-13,19H,3-5,7-8,10-11H2,1-2H3,(H,20,21,22)/t13-/m0/s1. The van der Waals surface area contributed by atoms with E-state index in [2.05, 4.69) is 34.4 Å². The van der Waals surface area contributed by atoms with Gasteiger partial charge in [0.05, 0.1) is 5.69 Å². The summed E-state index contributed by atoms with van der Waals surface area (Å²) in [4.78, 5) is 9.50. The molecule has 3 rings (SSSR count). The number of aromatic nitrogens is 2. The molecule has 0 saturated heterocycles. The van der Waals surface area contributed by atoms with Crippen molar-refractivity contribution in [3.8, 4) is 0 Å². The first-order valence-corrected chi connectivity index (χ1v) is 9.65. The number of hydrogen-bond donors (Lipinski definition) is 2. The first-order valence-electron chi connectivity index (χ1n) is 8.71. The van der Waals surface area contributed by atoms with Gasteiger partial charge in [0.1, 0.15) is 12.4 Å². The van der Waals surface area contributed by atoms with Crippen LogP contribution in [0, 0.1) is 0 Å². The zero-order valence-electron chi connectivity index (χ0n) is 14.5. The Labute approximate surface area is 147 Å². The second-order valence-electron chi connectivity index (χ2n) is 6.18. The molecule has 0 unspecified atom stereocenters. The van der Waals surface area contributed by atoms with Gasteiger partial charge in [0.15, 0.2) is 5.82 Å². The Bertz CT molecular complexity index is 645. The monoisotopic (exact) mass is 346 g/mol. The van der Waals surface area contributed by atoms with Crippen LogP contribution >= 0.6 is 11.3 Å². The third-order valence-corrected chi connectivity index (χ3v) is 4.90. The minimum atomic E-state index is 0.328. The van der Waals surface area contributed by atoms with Crippen molar-refractivity contribution < 1.29 is 4.74 Å². The summed E-state index contributed by atoms with van der Waals surface area (Å²) in [6, 6.07) is 2.52. The third-order valence-electron chi connectivity index (χ3n) is 4.17. The lowest BCUT2D eigenvalue weighted by Gasteiger charge is -2.19. The highest BCUT2D eigenvalue weighted by Gasteiger charge is 2.18. The van der Waals surface area contributed by atoms with E-state index < -0.39 is 0 Å². The van der Waals surface area contributed by atoms with Gasteiger partial charge in [-0.25, -0.2) is 9.97 Å². The average Bonchev–Trinajstić information content (AvgIpc) is 2.95. The number of nitrogens with zero attached hydrogens (tertiary/aromatic N) is 2. The molecule has 0 aromatic carbocycles. The summed E-state index contributed by atoms with van der Waals surface area (Å²) >= 11 is 1.75. The molecule has 24 heavy (non-hydrogen) atoms. The summed E-state index contributed by atoms with van der Waals surface area (Å²) in [5.41, 5.74) is 3.80. The summed E-state index contributed by atoms with van der Waals surface area (Å²) in [7, 11) is 0. The lowest BCUT2D eigenvalue weighted by atomic mass is 10.1. The van der Waals surface area contributed by atoms with E-state index in [1.807, 2.05) is 6.92 Å². The highest BCUT2D eigenvalue weighted by molar-refractivity contribution is 7.07. The Balaban J connectivity index is 1.80. The summed E-state index contributed by atoms with van der Waals surface area (Å²) in [5, 5.41) is 11.4. The maximum atomic E-state index is 5.52. The molecular weight excluding hydrogens is 320 g/mol. The lowest BCUT2D eigenvalue weighted by molar-refractivity contribution is 0.128. The fourth-order valence-electron chi connectivity index (χ4n) is 3.02. The van der Waals surface area contributed by atoms with Gasteiger partial charge in [-0.3, -0.25) is 0 Å². The highest BCUT2D eigenvalue weighted by Crippen LogP contribution is 2.22. The van der Waals surface area contributed by atoms with Crippen LogP contribution in [0.5, 0.6) is 0 Å². The molecule has 5 nitrogen and oxygen atoms in total. The first-order chi connectivity index (χ1) is 11.8. The number of anilines is 1. The molecule has 0 fully saturated rings. The van der Waals surface area contributed by atoms with E-state index in [-0.39, 0.29) is 0 Å². The lowest BCUT2D eigenvalue weighted by Crippen LogP contribution is -2.22. The predicted molar refractivity (Wildman–Crippen MR) is 98.7 cm³/mol. The zero-order valence-corrected chi connectivity index (χ0v) is 15.3. The quantitative estimate of drug-likeness (QED) is 0.807. The van der Waals surface area contributed by atoms with Gasteiger partial charge in [-0.05, 0) is 55.6 Å². The molecular formula is C18H26N4OS. The third kappa shape index (κ3) is 4.53. The van der Waals surface area contributed by atoms with Crippen molar-refractivity contribution in [2.45, 2.75) is 45.8 Å². The maximum absolute atomic E-state index is 5.52. The van der Waals surface area contributed by atoms with Crippen LogP contribution in [0.25, 0.3) is 0 Å². The molecule has 2 aromatic heterocycles. The first kappa shape index (κ1) is 17.3. The number of rotatable bonds is 7. The number of ether oxygens (including phenoxy) is 1. The summed E-state index contributed by atoms with van der Waals surface area (Å²) < 4.78 is 5.52. The molecule has 3 heterocycles. The maximum Gasteiger partial charge on any atom is 0.156 e. The Kier molecular flexibility index (Phi) is 6.18. The van der Waals surface area contributed by atoms with E-state index in [4.69, 9.17) is 14.7 Å². The molecule has 130 valence electrons. The van der Waals surface area contributed by atoms with Crippen LogP contribution in [0.3, 0.4) is 0 Å². The zero-order chi connectivity index (χ0) is 16.8. The summed E-state index contributed by atoms with van der Waals surface area (Å²) in [5.74, 6) is 1.77. The number of nitrogens with one attached hydrogen (secondary N) is 2. The molecule has 0 radical (unpaired) electrons. The Morgan fingerprint density at radius 2 is 2.21 bits per heavy atom. The van der Waals surface area contributed by atoms with Gasteiger partial charge >= 0.3 is 0 Å². The number of thiophene rings is 1. The van der Waals surface area contributed by atoms with E-state index in [0.29, 0.717) is 19.3 Å². The molecule has 6 heteroatoms. The van der Waals surface area contributed by atoms with Crippen molar-refractivity contribution in [2.24, 2.45) is 0 Å². The van der Waals surface area contributed by atoms with E-state index in [1.165, 1.54) is 11.1 Å². The van der Waals surface area contributed by atoms with Crippen LogP contribution in [0.2, 0.25) is 0 Å². The smallest absolute Gasteiger partial charge is 0.156 e. The van der Waals surface area contributed by atoms with Gasteiger partial charge in [0.2, 0.25) is 0 Å². The van der Waals surface area contributed by atoms with Crippen LogP contribution in [-0.2, 0) is 30.6 Å². The molecule has 0 bridgehead atoms. The van der Waals surface area contributed by atoms with Crippen molar-refractivity contribution >= 4 is 17.2 Å². The average molecular weight is 347 g/mol. The summed E-state index contributed by atoms with van der Waals surface area (Å²) in [6.45, 7) is 7.32. The van der Waals surface area contributed by atoms with Crippen LogP contribution in [0.4, 0.5) is 5.82 Å². The van der Waals surface area contributed by atoms with Crippen LogP contribution in [0.1, 0.15) is 36.5 Å². The fourth-order valence-corrected chi connectivity index (χ4v) is 3.70. The van der Waals surface area contributed by atoms with Gasteiger partial charge in [-0.2, -0.15) is 11.3 Å². The largest absolute Gasteiger partial charge is 0.374 e. The molecule has 1 aliphatic rings. The molecule has 0 spiro atoms. The highest BCUT2D eigenvalue weighted by atomic mass is 32.1. The molecule has 0 amide bonds. The molecule has 2 N–H and O–H groups in total.